The molecule has 0 saturated heterocycles. The molecule has 4 heteroatoms. The van der Waals surface area contributed by atoms with E-state index >= 15 is 0 Å². The third kappa shape index (κ3) is 2.54. The Bertz CT molecular complexity index is 859. The Morgan fingerprint density at radius 1 is 1.25 bits per heavy atom. The molecule has 0 spiro atoms. The van der Waals surface area contributed by atoms with Gasteiger partial charge < -0.3 is 15.0 Å². The molecule has 3 unspecified atom stereocenters. The van der Waals surface area contributed by atoms with Crippen molar-refractivity contribution in [3.8, 4) is 0 Å². The number of fused-ring (bicyclic) bond motifs is 2. The molecule has 2 aromatic rings. The van der Waals surface area contributed by atoms with Gasteiger partial charge in [0.2, 0.25) is 0 Å². The first-order valence-corrected chi connectivity index (χ1v) is 8.24. The van der Waals surface area contributed by atoms with Gasteiger partial charge in [0.05, 0.1) is 6.04 Å². The molecule has 2 aliphatic rings. The summed E-state index contributed by atoms with van der Waals surface area (Å²) in [6, 6.07) is 8.52. The number of carbonyl (C=O) groups excluding carboxylic acids is 1. The summed E-state index contributed by atoms with van der Waals surface area (Å²) in [5.74, 6) is 0.0787. The normalized spacial score (nSPS) is 22.8. The summed E-state index contributed by atoms with van der Waals surface area (Å²) >= 11 is 0. The lowest BCUT2D eigenvalue weighted by Crippen LogP contribution is -2.26. The van der Waals surface area contributed by atoms with Crippen LogP contribution in [0, 0.1) is 5.92 Å². The number of hydrogen-bond acceptors (Lipinski definition) is 3. The van der Waals surface area contributed by atoms with E-state index in [9.17, 15) is 4.79 Å². The second-order valence-corrected chi connectivity index (χ2v) is 6.28. The minimum absolute atomic E-state index is 0.0312. The fraction of sp³-hybridized carbons (Fsp3) is 0.250. The molecule has 4 nitrogen and oxygen atoms in total. The molecule has 24 heavy (non-hydrogen) atoms. The predicted octanol–water partition coefficient (Wildman–Crippen LogP) is 3.41. The van der Waals surface area contributed by atoms with Crippen molar-refractivity contribution in [3.05, 3.63) is 72.1 Å². The maximum Gasteiger partial charge on any atom is 0.302 e. The summed E-state index contributed by atoms with van der Waals surface area (Å²) < 4.78 is 5.41. The predicted molar refractivity (Wildman–Crippen MR) is 94.4 cm³/mol. The average Bonchev–Trinajstić information content (AvgIpc) is 3.20. The van der Waals surface area contributed by atoms with Crippen molar-refractivity contribution in [1.82, 2.24) is 10.3 Å². The van der Waals surface area contributed by atoms with Gasteiger partial charge in [0.25, 0.3) is 0 Å². The highest BCUT2D eigenvalue weighted by Crippen LogP contribution is 2.39. The van der Waals surface area contributed by atoms with Gasteiger partial charge in [0, 0.05) is 35.9 Å². The Kier molecular flexibility index (Phi) is 3.73. The third-order valence-corrected chi connectivity index (χ3v) is 4.81. The molecule has 1 aliphatic carbocycles. The van der Waals surface area contributed by atoms with E-state index in [-0.39, 0.29) is 17.9 Å². The van der Waals surface area contributed by atoms with Crippen molar-refractivity contribution in [3.63, 3.8) is 0 Å². The number of nitrogens with one attached hydrogen (secondary N) is 2. The Morgan fingerprint density at radius 2 is 2.08 bits per heavy atom. The van der Waals surface area contributed by atoms with Crippen LogP contribution in [0.1, 0.15) is 18.4 Å². The largest absolute Gasteiger partial charge is 0.465 e. The van der Waals surface area contributed by atoms with Crippen LogP contribution in [0.15, 0.2) is 66.5 Å². The van der Waals surface area contributed by atoms with Crippen molar-refractivity contribution in [2.75, 3.05) is 6.61 Å². The molecule has 122 valence electrons. The van der Waals surface area contributed by atoms with Crippen LogP contribution in [0.3, 0.4) is 0 Å². The van der Waals surface area contributed by atoms with Gasteiger partial charge in [-0.1, -0.05) is 42.5 Å². The molecule has 2 N–H and O–H groups in total. The van der Waals surface area contributed by atoms with E-state index in [1.807, 2.05) is 18.3 Å². The van der Waals surface area contributed by atoms with Crippen molar-refractivity contribution < 1.29 is 9.53 Å². The quantitative estimate of drug-likeness (QED) is 0.849. The van der Waals surface area contributed by atoms with E-state index in [1.165, 1.54) is 23.4 Å². The Morgan fingerprint density at radius 3 is 2.96 bits per heavy atom. The highest BCUT2D eigenvalue weighted by Gasteiger charge is 2.34. The zero-order chi connectivity index (χ0) is 16.5. The van der Waals surface area contributed by atoms with Crippen molar-refractivity contribution in [1.29, 1.82) is 0 Å². The van der Waals surface area contributed by atoms with Gasteiger partial charge in [-0.2, -0.15) is 0 Å². The topological polar surface area (TPSA) is 54.1 Å². The van der Waals surface area contributed by atoms with Crippen LogP contribution in [-0.2, 0) is 9.53 Å². The number of carbonyl (C=O) groups is 1. The van der Waals surface area contributed by atoms with Gasteiger partial charge in [-0.15, -0.1) is 0 Å². The molecule has 1 aliphatic heterocycles. The summed E-state index contributed by atoms with van der Waals surface area (Å²) in [5, 5.41) is 4.61. The van der Waals surface area contributed by atoms with E-state index in [0.29, 0.717) is 12.5 Å². The number of benzene rings is 1. The monoisotopic (exact) mass is 320 g/mol. The van der Waals surface area contributed by atoms with Crippen molar-refractivity contribution >= 4 is 16.9 Å². The number of H-pyrrole nitrogens is 1. The van der Waals surface area contributed by atoms with Gasteiger partial charge in [0.1, 0.15) is 6.61 Å². The molecule has 1 aromatic carbocycles. The van der Waals surface area contributed by atoms with Crippen LogP contribution in [0.5, 0.6) is 0 Å². The zero-order valence-electron chi connectivity index (χ0n) is 13.5. The molecule has 2 heterocycles. The van der Waals surface area contributed by atoms with E-state index in [0.717, 1.165) is 5.52 Å². The highest BCUT2D eigenvalue weighted by atomic mass is 16.5. The molecule has 0 fully saturated rings. The lowest BCUT2D eigenvalue weighted by molar-refractivity contribution is -0.141. The third-order valence-electron chi connectivity index (χ3n) is 4.81. The zero-order valence-corrected chi connectivity index (χ0v) is 13.5. The first-order chi connectivity index (χ1) is 11.7. The SMILES string of the molecule is CC(=O)OCC(C1=CNC2C=CC=CC12)c1c[nH]c2ccccc12. The number of aromatic nitrogens is 1. The van der Waals surface area contributed by atoms with Crippen LogP contribution in [-0.4, -0.2) is 23.6 Å². The van der Waals surface area contributed by atoms with Gasteiger partial charge >= 0.3 is 5.97 Å². The molecule has 1 aromatic heterocycles. The van der Waals surface area contributed by atoms with E-state index in [4.69, 9.17) is 4.74 Å². The molecular weight excluding hydrogens is 300 g/mol. The van der Waals surface area contributed by atoms with Gasteiger partial charge in [-0.05, 0) is 23.4 Å². The molecule has 4 rings (SSSR count). The van der Waals surface area contributed by atoms with Crippen LogP contribution in [0.2, 0.25) is 0 Å². The number of rotatable bonds is 4. The molecule has 0 radical (unpaired) electrons. The number of allylic oxidation sites excluding steroid dienone is 2. The maximum absolute atomic E-state index is 11.4. The van der Waals surface area contributed by atoms with Crippen LogP contribution in [0.25, 0.3) is 10.9 Å². The lowest BCUT2D eigenvalue weighted by atomic mass is 9.81. The van der Waals surface area contributed by atoms with Crippen molar-refractivity contribution in [2.24, 2.45) is 5.92 Å². The average molecular weight is 320 g/mol. The van der Waals surface area contributed by atoms with Gasteiger partial charge in [0.15, 0.2) is 0 Å². The second kappa shape index (κ2) is 6.04. The molecule has 0 bridgehead atoms. The van der Waals surface area contributed by atoms with Crippen LogP contribution < -0.4 is 5.32 Å². The summed E-state index contributed by atoms with van der Waals surface area (Å²) in [4.78, 5) is 14.7. The summed E-state index contributed by atoms with van der Waals surface area (Å²) in [7, 11) is 0. The number of ether oxygens (including phenoxy) is 1. The smallest absolute Gasteiger partial charge is 0.302 e. The molecule has 3 atom stereocenters. The standard InChI is InChI=1S/C20H20N2O2/c1-13(23)24-12-18(16-10-21-19-8-4-2-6-14(16)19)17-11-22-20-9-5-3-7-15(17)20/h2-11,14,18-19,21-22H,12H2,1H3. The Balaban J connectivity index is 1.73. The summed E-state index contributed by atoms with van der Waals surface area (Å²) in [6.45, 7) is 1.81. The van der Waals surface area contributed by atoms with E-state index in [1.54, 1.807) is 0 Å². The Labute approximate surface area is 140 Å². The minimum Gasteiger partial charge on any atom is -0.465 e. The first kappa shape index (κ1) is 14.8. The molecule has 0 saturated carbocycles. The van der Waals surface area contributed by atoms with E-state index < -0.39 is 0 Å². The van der Waals surface area contributed by atoms with E-state index in [2.05, 4.69) is 52.9 Å². The summed E-state index contributed by atoms with van der Waals surface area (Å²) in [6.07, 6.45) is 12.7. The second-order valence-electron chi connectivity index (χ2n) is 6.28. The number of para-hydroxylation sites is 1. The summed E-state index contributed by atoms with van der Waals surface area (Å²) in [5.41, 5.74) is 3.53. The van der Waals surface area contributed by atoms with Gasteiger partial charge in [-0.25, -0.2) is 0 Å². The fourth-order valence-electron chi connectivity index (χ4n) is 3.65. The van der Waals surface area contributed by atoms with Crippen LogP contribution in [0.4, 0.5) is 0 Å². The highest BCUT2D eigenvalue weighted by molar-refractivity contribution is 5.84. The lowest BCUT2D eigenvalue weighted by Gasteiger charge is -2.25. The minimum atomic E-state index is -0.248. The van der Waals surface area contributed by atoms with Crippen molar-refractivity contribution in [2.45, 2.75) is 18.9 Å². The maximum atomic E-state index is 11.4. The first-order valence-electron chi connectivity index (χ1n) is 8.24. The Hall–Kier alpha value is -2.75. The fourth-order valence-corrected chi connectivity index (χ4v) is 3.65. The van der Waals surface area contributed by atoms with Gasteiger partial charge in [-0.3, -0.25) is 4.79 Å². The molecular formula is C20H20N2O2. The number of esters is 1. The molecule has 0 amide bonds. The number of aromatic amines is 1. The number of hydrogen-bond donors (Lipinski definition) is 2. The van der Waals surface area contributed by atoms with Crippen LogP contribution >= 0.6 is 0 Å².